The van der Waals surface area contributed by atoms with Crippen LogP contribution in [0.25, 0.3) is 0 Å². The summed E-state index contributed by atoms with van der Waals surface area (Å²) in [5, 5.41) is 0. The van der Waals surface area contributed by atoms with Crippen LogP contribution in [0.4, 0.5) is 0 Å². The second-order valence-corrected chi connectivity index (χ2v) is 6.21. The Hall–Kier alpha value is -0.650. The molecule has 2 fully saturated rings. The number of hydrogen-bond acceptors (Lipinski definition) is 4. The van der Waals surface area contributed by atoms with Gasteiger partial charge in [-0.05, 0) is 45.8 Å². The SMILES string of the molecule is CN(CCN1CCCC1)C(CN)CC(=O)N1CCCC1. The lowest BCUT2D eigenvalue weighted by Crippen LogP contribution is -2.45. The molecule has 0 aliphatic carbocycles. The van der Waals surface area contributed by atoms with E-state index in [-0.39, 0.29) is 11.9 Å². The van der Waals surface area contributed by atoms with E-state index in [2.05, 4.69) is 16.8 Å². The molecule has 116 valence electrons. The van der Waals surface area contributed by atoms with Gasteiger partial charge < -0.3 is 20.4 Å². The third kappa shape index (κ3) is 4.43. The van der Waals surface area contributed by atoms with E-state index in [1.54, 1.807) is 0 Å². The maximum Gasteiger partial charge on any atom is 0.224 e. The number of likely N-dealkylation sites (N-methyl/N-ethyl adjacent to an activating group) is 1. The van der Waals surface area contributed by atoms with Crippen molar-refractivity contribution < 1.29 is 4.79 Å². The Bertz CT molecular complexity index is 298. The van der Waals surface area contributed by atoms with Crippen LogP contribution in [0.15, 0.2) is 0 Å². The van der Waals surface area contributed by atoms with E-state index in [9.17, 15) is 4.79 Å². The molecule has 0 radical (unpaired) electrons. The Morgan fingerprint density at radius 1 is 1.15 bits per heavy atom. The summed E-state index contributed by atoms with van der Waals surface area (Å²) in [6, 6.07) is 0.186. The molecule has 0 spiro atoms. The molecule has 1 atom stereocenters. The van der Waals surface area contributed by atoms with Gasteiger partial charge in [-0.1, -0.05) is 0 Å². The molecule has 1 unspecified atom stereocenters. The molecule has 2 heterocycles. The van der Waals surface area contributed by atoms with E-state index in [0.717, 1.165) is 39.0 Å². The van der Waals surface area contributed by atoms with Crippen LogP contribution >= 0.6 is 0 Å². The van der Waals surface area contributed by atoms with Crippen LogP contribution in [-0.2, 0) is 4.79 Å². The quantitative estimate of drug-likeness (QED) is 0.732. The van der Waals surface area contributed by atoms with Gasteiger partial charge in [0.1, 0.15) is 0 Å². The van der Waals surface area contributed by atoms with Crippen molar-refractivity contribution in [3.63, 3.8) is 0 Å². The molecule has 5 heteroatoms. The van der Waals surface area contributed by atoms with Crippen molar-refractivity contribution in [1.29, 1.82) is 0 Å². The largest absolute Gasteiger partial charge is 0.343 e. The Balaban J connectivity index is 1.72. The number of carbonyl (C=O) groups is 1. The molecule has 2 saturated heterocycles. The number of likely N-dealkylation sites (tertiary alicyclic amines) is 2. The highest BCUT2D eigenvalue weighted by Crippen LogP contribution is 2.12. The molecule has 2 N–H and O–H groups in total. The van der Waals surface area contributed by atoms with Gasteiger partial charge in [-0.25, -0.2) is 0 Å². The van der Waals surface area contributed by atoms with E-state index >= 15 is 0 Å². The lowest BCUT2D eigenvalue weighted by atomic mass is 10.1. The van der Waals surface area contributed by atoms with Crippen LogP contribution in [0.1, 0.15) is 32.1 Å². The first-order chi connectivity index (χ1) is 9.70. The predicted molar refractivity (Wildman–Crippen MR) is 81.6 cm³/mol. The van der Waals surface area contributed by atoms with Crippen molar-refractivity contribution in [3.8, 4) is 0 Å². The van der Waals surface area contributed by atoms with Crippen LogP contribution in [-0.4, -0.2) is 79.5 Å². The third-order valence-corrected chi connectivity index (χ3v) is 4.73. The van der Waals surface area contributed by atoms with Crippen molar-refractivity contribution in [2.75, 3.05) is 52.9 Å². The summed E-state index contributed by atoms with van der Waals surface area (Å²) in [6.07, 6.45) is 5.55. The highest BCUT2D eigenvalue weighted by Gasteiger charge is 2.23. The van der Waals surface area contributed by atoms with Gasteiger partial charge in [-0.3, -0.25) is 4.79 Å². The number of nitrogens with zero attached hydrogens (tertiary/aromatic N) is 3. The Labute approximate surface area is 123 Å². The molecule has 0 saturated carbocycles. The van der Waals surface area contributed by atoms with Gasteiger partial charge in [-0.2, -0.15) is 0 Å². The zero-order chi connectivity index (χ0) is 14.4. The molecule has 0 aromatic carbocycles. The lowest BCUT2D eigenvalue weighted by molar-refractivity contribution is -0.131. The van der Waals surface area contributed by atoms with E-state index in [0.29, 0.717) is 13.0 Å². The van der Waals surface area contributed by atoms with E-state index in [1.165, 1.54) is 25.9 Å². The Morgan fingerprint density at radius 2 is 1.75 bits per heavy atom. The summed E-state index contributed by atoms with van der Waals surface area (Å²) in [7, 11) is 2.10. The van der Waals surface area contributed by atoms with Crippen LogP contribution < -0.4 is 5.73 Å². The lowest BCUT2D eigenvalue weighted by Gasteiger charge is -2.29. The fourth-order valence-electron chi connectivity index (χ4n) is 3.20. The Morgan fingerprint density at radius 3 is 2.35 bits per heavy atom. The van der Waals surface area contributed by atoms with Gasteiger partial charge in [0, 0.05) is 45.2 Å². The number of rotatable bonds is 7. The zero-order valence-electron chi connectivity index (χ0n) is 12.9. The number of amides is 1. The smallest absolute Gasteiger partial charge is 0.224 e. The van der Waals surface area contributed by atoms with Crippen molar-refractivity contribution >= 4 is 5.91 Å². The summed E-state index contributed by atoms with van der Waals surface area (Å²) < 4.78 is 0. The van der Waals surface area contributed by atoms with E-state index in [4.69, 9.17) is 5.73 Å². The van der Waals surface area contributed by atoms with Crippen LogP contribution in [0.5, 0.6) is 0 Å². The zero-order valence-corrected chi connectivity index (χ0v) is 12.9. The normalized spacial score (nSPS) is 21.9. The molecule has 1 amide bonds. The van der Waals surface area contributed by atoms with Crippen LogP contribution in [0.2, 0.25) is 0 Å². The average molecular weight is 282 g/mol. The van der Waals surface area contributed by atoms with Gasteiger partial charge in [0.05, 0.1) is 0 Å². The fourth-order valence-corrected chi connectivity index (χ4v) is 3.20. The maximum absolute atomic E-state index is 12.2. The molecule has 2 rings (SSSR count). The monoisotopic (exact) mass is 282 g/mol. The van der Waals surface area contributed by atoms with Gasteiger partial charge >= 0.3 is 0 Å². The molecule has 20 heavy (non-hydrogen) atoms. The Kier molecular flexibility index (Phi) is 6.26. The maximum atomic E-state index is 12.2. The molecular formula is C15H30N4O. The second kappa shape index (κ2) is 7.96. The van der Waals surface area contributed by atoms with Gasteiger partial charge in [-0.15, -0.1) is 0 Å². The summed E-state index contributed by atoms with van der Waals surface area (Å²) >= 11 is 0. The number of carbonyl (C=O) groups excluding carboxylic acids is 1. The van der Waals surface area contributed by atoms with Crippen molar-refractivity contribution in [1.82, 2.24) is 14.7 Å². The van der Waals surface area contributed by atoms with Crippen molar-refractivity contribution in [3.05, 3.63) is 0 Å². The minimum absolute atomic E-state index is 0.186. The number of nitrogens with two attached hydrogens (primary N) is 1. The van der Waals surface area contributed by atoms with E-state index in [1.807, 2.05) is 4.90 Å². The standard InChI is InChI=1S/C15H30N4O/c1-17(10-11-18-6-2-3-7-18)14(13-16)12-15(20)19-8-4-5-9-19/h14H,2-13,16H2,1H3. The van der Waals surface area contributed by atoms with Crippen molar-refractivity contribution in [2.45, 2.75) is 38.1 Å². The third-order valence-electron chi connectivity index (χ3n) is 4.73. The minimum atomic E-state index is 0.186. The highest BCUT2D eigenvalue weighted by molar-refractivity contribution is 5.77. The second-order valence-electron chi connectivity index (χ2n) is 6.21. The first-order valence-electron chi connectivity index (χ1n) is 8.11. The van der Waals surface area contributed by atoms with Crippen LogP contribution in [0, 0.1) is 0 Å². The van der Waals surface area contributed by atoms with Gasteiger partial charge in [0.15, 0.2) is 0 Å². The predicted octanol–water partition coefficient (Wildman–Crippen LogP) is 0.354. The topological polar surface area (TPSA) is 52.8 Å². The first kappa shape index (κ1) is 15.7. The summed E-state index contributed by atoms with van der Waals surface area (Å²) in [4.78, 5) is 19.0. The minimum Gasteiger partial charge on any atom is -0.343 e. The molecular weight excluding hydrogens is 252 g/mol. The van der Waals surface area contributed by atoms with Gasteiger partial charge in [0.2, 0.25) is 5.91 Å². The molecule has 0 aromatic rings. The highest BCUT2D eigenvalue weighted by atomic mass is 16.2. The van der Waals surface area contributed by atoms with E-state index < -0.39 is 0 Å². The summed E-state index contributed by atoms with van der Waals surface area (Å²) in [5.41, 5.74) is 5.88. The average Bonchev–Trinajstić information content (AvgIpc) is 3.13. The van der Waals surface area contributed by atoms with Crippen LogP contribution in [0.3, 0.4) is 0 Å². The number of hydrogen-bond donors (Lipinski definition) is 1. The molecule has 0 bridgehead atoms. The first-order valence-corrected chi connectivity index (χ1v) is 8.11. The molecule has 0 aromatic heterocycles. The summed E-state index contributed by atoms with van der Waals surface area (Å²) in [5.74, 6) is 0.283. The summed E-state index contributed by atoms with van der Waals surface area (Å²) in [6.45, 7) is 7.01. The van der Waals surface area contributed by atoms with Crippen molar-refractivity contribution in [2.24, 2.45) is 5.73 Å². The molecule has 2 aliphatic rings. The fraction of sp³-hybridized carbons (Fsp3) is 0.933. The molecule has 2 aliphatic heterocycles. The van der Waals surface area contributed by atoms with Gasteiger partial charge in [0.25, 0.3) is 0 Å². The molecule has 5 nitrogen and oxygen atoms in total.